The van der Waals surface area contributed by atoms with Crippen molar-refractivity contribution in [3.63, 3.8) is 0 Å². The van der Waals surface area contributed by atoms with E-state index in [4.69, 9.17) is 4.74 Å². The van der Waals surface area contributed by atoms with Crippen LogP contribution in [-0.4, -0.2) is 41.2 Å². The summed E-state index contributed by atoms with van der Waals surface area (Å²) in [6, 6.07) is 6.07. The van der Waals surface area contributed by atoms with E-state index in [1.165, 1.54) is 12.1 Å². The summed E-state index contributed by atoms with van der Waals surface area (Å²) < 4.78 is 19.7. The van der Waals surface area contributed by atoms with Gasteiger partial charge >= 0.3 is 6.09 Å². The molecular formula is C19H22BrFN4O3. The molecule has 1 saturated heterocycles. The number of halogens is 2. The van der Waals surface area contributed by atoms with E-state index in [1.807, 2.05) is 0 Å². The number of rotatable bonds is 4. The van der Waals surface area contributed by atoms with Gasteiger partial charge in [0.05, 0.1) is 5.69 Å². The molecule has 150 valence electrons. The Morgan fingerprint density at radius 1 is 1.36 bits per heavy atom. The summed E-state index contributed by atoms with van der Waals surface area (Å²) >= 11 is 3.15. The monoisotopic (exact) mass is 452 g/mol. The Hall–Kier alpha value is -2.47. The number of amides is 1. The van der Waals surface area contributed by atoms with Gasteiger partial charge in [-0.1, -0.05) is 15.9 Å². The number of ether oxygens (including phenoxy) is 1. The number of nitriles is 1. The van der Waals surface area contributed by atoms with Gasteiger partial charge < -0.3 is 9.64 Å². The predicted molar refractivity (Wildman–Crippen MR) is 106 cm³/mol. The van der Waals surface area contributed by atoms with Crippen LogP contribution in [0.1, 0.15) is 33.6 Å². The zero-order chi connectivity index (χ0) is 20.9. The highest BCUT2D eigenvalue weighted by Gasteiger charge is 2.31. The van der Waals surface area contributed by atoms with Crippen LogP contribution in [0, 0.1) is 23.1 Å². The highest BCUT2D eigenvalue weighted by molar-refractivity contribution is 9.10. The lowest BCUT2D eigenvalue weighted by Gasteiger charge is -2.32. The summed E-state index contributed by atoms with van der Waals surface area (Å²) in [6.07, 6.45) is 0.400. The number of anilines is 1. The summed E-state index contributed by atoms with van der Waals surface area (Å²) in [5, 5.41) is 13.0. The molecule has 0 radical (unpaired) electrons. The van der Waals surface area contributed by atoms with E-state index in [0.29, 0.717) is 30.4 Å². The van der Waals surface area contributed by atoms with Gasteiger partial charge in [0.2, 0.25) is 5.71 Å². The van der Waals surface area contributed by atoms with Crippen LogP contribution in [0.5, 0.6) is 0 Å². The maximum absolute atomic E-state index is 13.8. The number of hydrazone groups is 1. The molecule has 1 amide bonds. The number of Topliss-reactive ketones (excluding diaryl/α,β-unsaturated/α-hetero) is 1. The van der Waals surface area contributed by atoms with Crippen LogP contribution in [0.15, 0.2) is 27.8 Å². The van der Waals surface area contributed by atoms with Crippen LogP contribution in [0.2, 0.25) is 0 Å². The highest BCUT2D eigenvalue weighted by atomic mass is 79.9. The smallest absolute Gasteiger partial charge is 0.410 e. The Bertz CT molecular complexity index is 821. The Balaban J connectivity index is 1.97. The standard InChI is InChI=1S/C19H22BrFN4O3/c1-19(2,3)28-18(27)25-8-6-12(7-9-25)17(26)16(11-22)24-23-15-5-4-13(20)10-14(15)21/h4-5,10,12,23H,6-9H2,1-3H3/b24-16-. The molecule has 1 aliphatic rings. The van der Waals surface area contributed by atoms with Crippen molar-refractivity contribution < 1.29 is 18.7 Å². The number of hydrogen-bond donors (Lipinski definition) is 1. The highest BCUT2D eigenvalue weighted by Crippen LogP contribution is 2.22. The summed E-state index contributed by atoms with van der Waals surface area (Å²) in [5.41, 5.74) is 1.58. The molecule has 1 N–H and O–H groups in total. The van der Waals surface area contributed by atoms with Crippen LogP contribution >= 0.6 is 15.9 Å². The van der Waals surface area contributed by atoms with Crippen molar-refractivity contribution in [1.29, 1.82) is 5.26 Å². The Kier molecular flexibility index (Phi) is 7.13. The van der Waals surface area contributed by atoms with E-state index >= 15 is 0 Å². The van der Waals surface area contributed by atoms with E-state index in [2.05, 4.69) is 26.5 Å². The molecular weight excluding hydrogens is 431 g/mol. The second-order valence-electron chi connectivity index (χ2n) is 7.41. The molecule has 0 saturated carbocycles. The molecule has 0 aliphatic carbocycles. The fraction of sp³-hybridized carbons (Fsp3) is 0.474. The lowest BCUT2D eigenvalue weighted by Crippen LogP contribution is -2.43. The minimum atomic E-state index is -0.585. The predicted octanol–water partition coefficient (Wildman–Crippen LogP) is 4.10. The maximum atomic E-state index is 13.8. The second-order valence-corrected chi connectivity index (χ2v) is 8.33. The molecule has 9 heteroatoms. The van der Waals surface area contributed by atoms with Crippen molar-refractivity contribution in [3.05, 3.63) is 28.5 Å². The zero-order valence-corrected chi connectivity index (χ0v) is 17.5. The summed E-state index contributed by atoms with van der Waals surface area (Å²) in [4.78, 5) is 26.2. The summed E-state index contributed by atoms with van der Waals surface area (Å²) in [7, 11) is 0. The molecule has 1 heterocycles. The summed E-state index contributed by atoms with van der Waals surface area (Å²) in [5.74, 6) is -1.40. The van der Waals surface area contributed by atoms with Crippen molar-refractivity contribution in [2.45, 2.75) is 39.2 Å². The molecule has 0 spiro atoms. The molecule has 2 rings (SSSR count). The van der Waals surface area contributed by atoms with E-state index in [1.54, 1.807) is 37.8 Å². The number of carbonyl (C=O) groups is 2. The first-order chi connectivity index (χ1) is 13.1. The number of hydrogen-bond acceptors (Lipinski definition) is 6. The third-order valence-corrected chi connectivity index (χ3v) is 4.57. The largest absolute Gasteiger partial charge is 0.444 e. The Morgan fingerprint density at radius 3 is 2.54 bits per heavy atom. The Morgan fingerprint density at radius 2 is 2.00 bits per heavy atom. The van der Waals surface area contributed by atoms with Crippen LogP contribution < -0.4 is 5.43 Å². The SMILES string of the molecule is CC(C)(C)OC(=O)N1CCC(C(=O)/C(C#N)=N\Nc2ccc(Br)cc2F)CC1. The maximum Gasteiger partial charge on any atom is 0.410 e. The molecule has 28 heavy (non-hydrogen) atoms. The Labute approximate surface area is 171 Å². The average Bonchev–Trinajstić information content (AvgIpc) is 2.62. The molecule has 0 bridgehead atoms. The first-order valence-corrected chi connectivity index (χ1v) is 9.61. The molecule has 1 aliphatic heterocycles. The number of nitrogens with one attached hydrogen (secondary N) is 1. The van der Waals surface area contributed by atoms with Crippen molar-refractivity contribution >= 4 is 39.2 Å². The van der Waals surface area contributed by atoms with E-state index in [-0.39, 0.29) is 11.4 Å². The van der Waals surface area contributed by atoms with Crippen molar-refractivity contribution in [3.8, 4) is 6.07 Å². The molecule has 0 atom stereocenters. The number of piperidine rings is 1. The van der Waals surface area contributed by atoms with Gasteiger partial charge in [0.1, 0.15) is 17.5 Å². The van der Waals surface area contributed by atoms with E-state index < -0.39 is 29.2 Å². The number of benzene rings is 1. The average molecular weight is 453 g/mol. The topological polar surface area (TPSA) is 94.8 Å². The van der Waals surface area contributed by atoms with E-state index in [9.17, 15) is 19.2 Å². The number of carbonyl (C=O) groups excluding carboxylic acids is 2. The van der Waals surface area contributed by atoms with Gasteiger partial charge in [-0.05, 0) is 51.8 Å². The van der Waals surface area contributed by atoms with Crippen molar-refractivity contribution in [2.75, 3.05) is 18.5 Å². The van der Waals surface area contributed by atoms with Crippen molar-refractivity contribution in [1.82, 2.24) is 4.90 Å². The lowest BCUT2D eigenvalue weighted by atomic mass is 9.90. The molecule has 0 aromatic heterocycles. The van der Waals surface area contributed by atoms with Gasteiger partial charge in [-0.25, -0.2) is 9.18 Å². The van der Waals surface area contributed by atoms with Gasteiger partial charge in [-0.2, -0.15) is 10.4 Å². The first-order valence-electron chi connectivity index (χ1n) is 8.81. The third kappa shape index (κ3) is 6.02. The molecule has 1 fully saturated rings. The van der Waals surface area contributed by atoms with Gasteiger partial charge in [-0.15, -0.1) is 0 Å². The van der Waals surface area contributed by atoms with Crippen LogP contribution in [-0.2, 0) is 9.53 Å². The van der Waals surface area contributed by atoms with E-state index in [0.717, 1.165) is 0 Å². The fourth-order valence-electron chi connectivity index (χ4n) is 2.68. The lowest BCUT2D eigenvalue weighted by molar-refractivity contribution is -0.117. The minimum Gasteiger partial charge on any atom is -0.444 e. The summed E-state index contributed by atoms with van der Waals surface area (Å²) in [6.45, 7) is 6.09. The van der Waals surface area contributed by atoms with Gasteiger partial charge in [-0.3, -0.25) is 10.2 Å². The quantitative estimate of drug-likeness (QED) is 0.547. The zero-order valence-electron chi connectivity index (χ0n) is 16.0. The molecule has 0 unspecified atom stereocenters. The molecule has 1 aromatic rings. The number of likely N-dealkylation sites (tertiary alicyclic amines) is 1. The molecule has 1 aromatic carbocycles. The number of nitrogens with zero attached hydrogens (tertiary/aromatic N) is 3. The number of ketones is 1. The molecule has 7 nitrogen and oxygen atoms in total. The van der Waals surface area contributed by atoms with Gasteiger partial charge in [0, 0.05) is 23.5 Å². The normalized spacial score (nSPS) is 15.7. The van der Waals surface area contributed by atoms with Crippen LogP contribution in [0.4, 0.5) is 14.9 Å². The third-order valence-electron chi connectivity index (χ3n) is 4.08. The van der Waals surface area contributed by atoms with Crippen LogP contribution in [0.25, 0.3) is 0 Å². The second kappa shape index (κ2) is 9.15. The fourth-order valence-corrected chi connectivity index (χ4v) is 3.01. The van der Waals surface area contributed by atoms with Gasteiger partial charge in [0.25, 0.3) is 0 Å². The van der Waals surface area contributed by atoms with Crippen molar-refractivity contribution in [2.24, 2.45) is 11.0 Å². The van der Waals surface area contributed by atoms with Gasteiger partial charge in [0.15, 0.2) is 5.78 Å². The minimum absolute atomic E-state index is 0.0588. The first kappa shape index (κ1) is 21.8. The van der Waals surface area contributed by atoms with Crippen LogP contribution in [0.3, 0.4) is 0 Å².